The number of hydrogen-bond acceptors (Lipinski definition) is 6. The van der Waals surface area contributed by atoms with E-state index in [1.54, 1.807) is 30.5 Å². The van der Waals surface area contributed by atoms with Gasteiger partial charge in [0.15, 0.2) is 5.76 Å². The predicted octanol–water partition coefficient (Wildman–Crippen LogP) is 4.62. The van der Waals surface area contributed by atoms with Crippen LogP contribution in [0.4, 0.5) is 5.69 Å². The maximum absolute atomic E-state index is 12.1. The fraction of sp³-hybridized carbons (Fsp3) is 0.105. The van der Waals surface area contributed by atoms with Crippen molar-refractivity contribution in [2.45, 2.75) is 5.22 Å². The molecule has 0 spiro atoms. The van der Waals surface area contributed by atoms with E-state index in [0.717, 1.165) is 10.0 Å². The Labute approximate surface area is 168 Å². The number of esters is 1. The maximum atomic E-state index is 12.1. The molecule has 8 heteroatoms. The Morgan fingerprint density at radius 1 is 1.15 bits per heavy atom. The first kappa shape index (κ1) is 19.2. The highest BCUT2D eigenvalue weighted by atomic mass is 79.9. The second-order valence-corrected chi connectivity index (χ2v) is 7.25. The molecule has 0 saturated heterocycles. The summed E-state index contributed by atoms with van der Waals surface area (Å²) in [6, 6.07) is 14.2. The molecule has 6 nitrogen and oxygen atoms in total. The number of nitrogens with zero attached hydrogens (tertiary/aromatic N) is 1. The van der Waals surface area contributed by atoms with Crippen LogP contribution in [0.15, 0.2) is 68.8 Å². The second-order valence-electron chi connectivity index (χ2n) is 5.40. The molecule has 0 aliphatic rings. The number of thioether (sulfide) groups is 1. The van der Waals surface area contributed by atoms with Gasteiger partial charge >= 0.3 is 5.97 Å². The Bertz CT molecular complexity index is 939. The number of ether oxygens (including phenoxy) is 1. The smallest absolute Gasteiger partial charge is 0.337 e. The molecule has 1 aromatic heterocycles. The second kappa shape index (κ2) is 8.88. The van der Waals surface area contributed by atoms with Gasteiger partial charge in [-0.15, -0.1) is 0 Å². The van der Waals surface area contributed by atoms with Gasteiger partial charge in [-0.1, -0.05) is 39.8 Å². The van der Waals surface area contributed by atoms with Crippen LogP contribution in [-0.4, -0.2) is 29.7 Å². The van der Waals surface area contributed by atoms with Gasteiger partial charge in [-0.05, 0) is 36.4 Å². The van der Waals surface area contributed by atoms with E-state index in [1.165, 1.54) is 18.9 Å². The van der Waals surface area contributed by atoms with Gasteiger partial charge in [0.1, 0.15) is 0 Å². The SMILES string of the molecule is COC(=O)c1ccc(NC(=O)CSc2ncc(-c3ccc(Br)cc3)o2)cc1. The lowest BCUT2D eigenvalue weighted by Crippen LogP contribution is -2.14. The molecule has 0 radical (unpaired) electrons. The lowest BCUT2D eigenvalue weighted by atomic mass is 10.2. The number of amides is 1. The summed E-state index contributed by atoms with van der Waals surface area (Å²) in [5, 5.41) is 3.17. The number of rotatable bonds is 6. The number of nitrogens with one attached hydrogen (secondary N) is 1. The number of methoxy groups -OCH3 is 1. The van der Waals surface area contributed by atoms with Gasteiger partial charge in [0, 0.05) is 15.7 Å². The lowest BCUT2D eigenvalue weighted by Gasteiger charge is -2.05. The Morgan fingerprint density at radius 2 is 1.85 bits per heavy atom. The van der Waals surface area contributed by atoms with E-state index in [9.17, 15) is 9.59 Å². The molecular formula is C19H15BrN2O4S. The third-order valence-corrected chi connectivity index (χ3v) is 4.90. The van der Waals surface area contributed by atoms with Gasteiger partial charge in [-0.3, -0.25) is 4.79 Å². The van der Waals surface area contributed by atoms with Crippen LogP contribution in [0.1, 0.15) is 10.4 Å². The molecule has 27 heavy (non-hydrogen) atoms. The molecule has 0 aliphatic carbocycles. The van der Waals surface area contributed by atoms with Gasteiger partial charge in [-0.2, -0.15) is 0 Å². The number of carbonyl (C=O) groups is 2. The summed E-state index contributed by atoms with van der Waals surface area (Å²) < 4.78 is 11.3. The third-order valence-electron chi connectivity index (χ3n) is 3.53. The molecule has 3 aromatic rings. The van der Waals surface area contributed by atoms with Crippen LogP contribution in [0, 0.1) is 0 Å². The van der Waals surface area contributed by atoms with Crippen molar-refractivity contribution in [2.24, 2.45) is 0 Å². The third kappa shape index (κ3) is 5.21. The predicted molar refractivity (Wildman–Crippen MR) is 107 cm³/mol. The molecule has 138 valence electrons. The largest absolute Gasteiger partial charge is 0.465 e. The molecular weight excluding hydrogens is 432 g/mol. The molecule has 0 unspecified atom stereocenters. The van der Waals surface area contributed by atoms with E-state index >= 15 is 0 Å². The number of oxazole rings is 1. The highest BCUT2D eigenvalue weighted by Gasteiger charge is 2.11. The minimum atomic E-state index is -0.422. The maximum Gasteiger partial charge on any atom is 0.337 e. The topological polar surface area (TPSA) is 81.4 Å². The summed E-state index contributed by atoms with van der Waals surface area (Å²) in [6.07, 6.45) is 1.63. The van der Waals surface area contributed by atoms with Crippen LogP contribution in [0.3, 0.4) is 0 Å². The molecule has 0 saturated carbocycles. The van der Waals surface area contributed by atoms with Gasteiger partial charge in [-0.25, -0.2) is 9.78 Å². The standard InChI is InChI=1S/C19H15BrN2O4S/c1-25-18(24)13-4-8-15(9-5-13)22-17(23)11-27-19-21-10-16(26-19)12-2-6-14(20)7-3-12/h2-10H,11H2,1H3,(H,22,23). The monoisotopic (exact) mass is 446 g/mol. The number of halogens is 1. The average Bonchev–Trinajstić information content (AvgIpc) is 3.16. The molecule has 0 bridgehead atoms. The number of anilines is 1. The number of aromatic nitrogens is 1. The molecule has 3 rings (SSSR count). The fourth-order valence-electron chi connectivity index (χ4n) is 2.20. The van der Waals surface area contributed by atoms with Crippen LogP contribution in [-0.2, 0) is 9.53 Å². The van der Waals surface area contributed by atoms with Crippen LogP contribution in [0.25, 0.3) is 11.3 Å². The van der Waals surface area contributed by atoms with Gasteiger partial charge in [0.2, 0.25) is 5.91 Å². The molecule has 0 aliphatic heterocycles. The zero-order chi connectivity index (χ0) is 19.2. The normalized spacial score (nSPS) is 10.4. The minimum Gasteiger partial charge on any atom is -0.465 e. The summed E-state index contributed by atoms with van der Waals surface area (Å²) in [5.74, 6) is 0.172. The van der Waals surface area contributed by atoms with Crippen molar-refractivity contribution in [3.05, 3.63) is 64.8 Å². The van der Waals surface area contributed by atoms with E-state index in [0.29, 0.717) is 22.2 Å². The van der Waals surface area contributed by atoms with Gasteiger partial charge in [0.25, 0.3) is 5.22 Å². The van der Waals surface area contributed by atoms with Crippen molar-refractivity contribution < 1.29 is 18.7 Å². The average molecular weight is 447 g/mol. The summed E-state index contributed by atoms with van der Waals surface area (Å²) in [7, 11) is 1.32. The first-order chi connectivity index (χ1) is 13.0. The van der Waals surface area contributed by atoms with Crippen molar-refractivity contribution in [2.75, 3.05) is 18.2 Å². The van der Waals surface area contributed by atoms with E-state index in [1.807, 2.05) is 24.3 Å². The van der Waals surface area contributed by atoms with E-state index in [4.69, 9.17) is 4.42 Å². The fourth-order valence-corrected chi connectivity index (χ4v) is 3.07. The minimum absolute atomic E-state index is 0.152. The van der Waals surface area contributed by atoms with Crippen LogP contribution < -0.4 is 5.32 Å². The van der Waals surface area contributed by atoms with Crippen LogP contribution in [0.5, 0.6) is 0 Å². The zero-order valence-electron chi connectivity index (χ0n) is 14.3. The Balaban J connectivity index is 1.53. The molecule has 1 amide bonds. The lowest BCUT2D eigenvalue weighted by molar-refractivity contribution is -0.113. The Kier molecular flexibility index (Phi) is 6.31. The number of benzene rings is 2. The zero-order valence-corrected chi connectivity index (χ0v) is 16.7. The molecule has 1 heterocycles. The van der Waals surface area contributed by atoms with E-state index in [2.05, 4.69) is 31.0 Å². The van der Waals surface area contributed by atoms with Crippen LogP contribution >= 0.6 is 27.7 Å². The highest BCUT2D eigenvalue weighted by Crippen LogP contribution is 2.26. The summed E-state index contributed by atoms with van der Waals surface area (Å²) >= 11 is 4.59. The Morgan fingerprint density at radius 3 is 2.52 bits per heavy atom. The van der Waals surface area contributed by atoms with Gasteiger partial charge in [0.05, 0.1) is 24.6 Å². The van der Waals surface area contributed by atoms with Gasteiger partial charge < -0.3 is 14.5 Å². The molecule has 1 N–H and O–H groups in total. The number of carbonyl (C=O) groups excluding carboxylic acids is 2. The van der Waals surface area contributed by atoms with Crippen LogP contribution in [0.2, 0.25) is 0 Å². The van der Waals surface area contributed by atoms with Crippen molar-refractivity contribution >= 4 is 45.3 Å². The highest BCUT2D eigenvalue weighted by molar-refractivity contribution is 9.10. The summed E-state index contributed by atoms with van der Waals surface area (Å²) in [5.41, 5.74) is 1.93. The first-order valence-corrected chi connectivity index (χ1v) is 9.66. The molecule has 2 aromatic carbocycles. The summed E-state index contributed by atoms with van der Waals surface area (Å²) in [4.78, 5) is 27.7. The van der Waals surface area contributed by atoms with E-state index in [-0.39, 0.29) is 11.7 Å². The molecule has 0 fully saturated rings. The van der Waals surface area contributed by atoms with Crippen molar-refractivity contribution in [3.63, 3.8) is 0 Å². The van der Waals surface area contributed by atoms with Crippen molar-refractivity contribution in [1.29, 1.82) is 0 Å². The van der Waals surface area contributed by atoms with Crippen molar-refractivity contribution in [1.82, 2.24) is 4.98 Å². The molecule has 0 atom stereocenters. The first-order valence-electron chi connectivity index (χ1n) is 7.88. The van der Waals surface area contributed by atoms with E-state index < -0.39 is 5.97 Å². The Hall–Kier alpha value is -2.58. The summed E-state index contributed by atoms with van der Waals surface area (Å²) in [6.45, 7) is 0. The van der Waals surface area contributed by atoms with Crippen molar-refractivity contribution in [3.8, 4) is 11.3 Å². The number of hydrogen-bond donors (Lipinski definition) is 1. The quantitative estimate of drug-likeness (QED) is 0.439.